The minimum atomic E-state index is -2.21. The first-order valence-corrected chi connectivity index (χ1v) is 8.73. The molecule has 0 radical (unpaired) electrons. The number of carbonyl (C=O) groups is 1. The molecule has 0 aliphatic heterocycles. The zero-order valence-corrected chi connectivity index (χ0v) is 13.5. The number of hydrogen-bond acceptors (Lipinski definition) is 3. The van der Waals surface area contributed by atoms with Gasteiger partial charge in [-0.05, 0) is 31.4 Å². The molecular weight excluding hydrogens is 282 g/mol. The van der Waals surface area contributed by atoms with Gasteiger partial charge in [0, 0.05) is 6.42 Å². The number of esters is 1. The van der Waals surface area contributed by atoms with E-state index in [2.05, 4.69) is 13.8 Å². The highest BCUT2D eigenvalue weighted by Gasteiger charge is 2.19. The molecule has 0 bridgehead atoms. The number of thioether (sulfide) groups is 1. The maximum Gasteiger partial charge on any atom is 0.319 e. The highest BCUT2D eigenvalue weighted by Crippen LogP contribution is 2.21. The fourth-order valence-electron chi connectivity index (χ4n) is 1.70. The van der Waals surface area contributed by atoms with Crippen molar-refractivity contribution in [1.82, 2.24) is 0 Å². The Bertz CT molecular complexity index is 238. The minimum Gasteiger partial charge on any atom is -0.465 e. The SMILES string of the molecule is CCCCOC(=O)C(CCCC)SCCCCC(F)F. The summed E-state index contributed by atoms with van der Waals surface area (Å²) in [5.41, 5.74) is 0. The largest absolute Gasteiger partial charge is 0.465 e. The third-order valence-corrected chi connectivity index (χ3v) is 4.32. The molecule has 0 aromatic carbocycles. The molecule has 1 unspecified atom stereocenters. The third kappa shape index (κ3) is 11.5. The lowest BCUT2D eigenvalue weighted by atomic mass is 10.2. The fraction of sp³-hybridized carbons (Fsp3) is 0.933. The lowest BCUT2D eigenvalue weighted by molar-refractivity contribution is -0.143. The van der Waals surface area contributed by atoms with Crippen molar-refractivity contribution >= 4 is 17.7 Å². The number of carbonyl (C=O) groups excluding carboxylic acids is 1. The smallest absolute Gasteiger partial charge is 0.319 e. The number of alkyl halides is 2. The second-order valence-corrected chi connectivity index (χ2v) is 6.22. The summed E-state index contributed by atoms with van der Waals surface area (Å²) >= 11 is 1.56. The molecule has 20 heavy (non-hydrogen) atoms. The van der Waals surface area contributed by atoms with Gasteiger partial charge in [0.05, 0.1) is 6.61 Å². The molecule has 1 atom stereocenters. The van der Waals surface area contributed by atoms with Crippen molar-refractivity contribution in [3.05, 3.63) is 0 Å². The average molecular weight is 310 g/mol. The normalized spacial score (nSPS) is 12.7. The molecule has 0 aromatic heterocycles. The third-order valence-electron chi connectivity index (χ3n) is 2.96. The van der Waals surface area contributed by atoms with Gasteiger partial charge in [0.2, 0.25) is 6.43 Å². The van der Waals surface area contributed by atoms with Crippen LogP contribution in [-0.4, -0.2) is 30.0 Å². The van der Waals surface area contributed by atoms with Crippen LogP contribution in [0.4, 0.5) is 8.78 Å². The molecule has 0 rings (SSSR count). The number of unbranched alkanes of at least 4 members (excludes halogenated alkanes) is 3. The van der Waals surface area contributed by atoms with Crippen LogP contribution in [0.5, 0.6) is 0 Å². The maximum atomic E-state index is 12.0. The Kier molecular flexibility index (Phi) is 13.4. The summed E-state index contributed by atoms with van der Waals surface area (Å²) in [6.07, 6.45) is 3.77. The molecule has 5 heteroatoms. The molecule has 0 aromatic rings. The van der Waals surface area contributed by atoms with Crippen LogP contribution in [0.25, 0.3) is 0 Å². The van der Waals surface area contributed by atoms with Gasteiger partial charge in [0.1, 0.15) is 5.25 Å². The van der Waals surface area contributed by atoms with Crippen molar-refractivity contribution in [2.24, 2.45) is 0 Å². The van der Waals surface area contributed by atoms with Crippen LogP contribution in [0.1, 0.15) is 65.2 Å². The Morgan fingerprint density at radius 1 is 1.05 bits per heavy atom. The van der Waals surface area contributed by atoms with Gasteiger partial charge in [-0.3, -0.25) is 4.79 Å². The zero-order valence-electron chi connectivity index (χ0n) is 12.7. The van der Waals surface area contributed by atoms with Crippen LogP contribution >= 0.6 is 11.8 Å². The van der Waals surface area contributed by atoms with E-state index in [0.717, 1.165) is 44.3 Å². The number of halogens is 2. The quantitative estimate of drug-likeness (QED) is 0.351. The molecule has 0 saturated carbocycles. The molecular formula is C15H28F2O2S. The summed E-state index contributed by atoms with van der Waals surface area (Å²) in [6.45, 7) is 4.64. The Morgan fingerprint density at radius 2 is 1.75 bits per heavy atom. The maximum absolute atomic E-state index is 12.0. The van der Waals surface area contributed by atoms with Crippen LogP contribution < -0.4 is 0 Å². The van der Waals surface area contributed by atoms with Crippen molar-refractivity contribution in [1.29, 1.82) is 0 Å². The van der Waals surface area contributed by atoms with Gasteiger partial charge < -0.3 is 4.74 Å². The monoisotopic (exact) mass is 310 g/mol. The molecule has 0 spiro atoms. The number of hydrogen-bond donors (Lipinski definition) is 0. The van der Waals surface area contributed by atoms with Gasteiger partial charge in [0.15, 0.2) is 0 Å². The second kappa shape index (κ2) is 13.7. The lowest BCUT2D eigenvalue weighted by Crippen LogP contribution is -2.21. The summed E-state index contributed by atoms with van der Waals surface area (Å²) in [4.78, 5) is 11.9. The van der Waals surface area contributed by atoms with Crippen molar-refractivity contribution in [3.63, 3.8) is 0 Å². The fourth-order valence-corrected chi connectivity index (χ4v) is 2.89. The van der Waals surface area contributed by atoms with Crippen LogP contribution in [0.2, 0.25) is 0 Å². The van der Waals surface area contributed by atoms with Gasteiger partial charge in [0.25, 0.3) is 0 Å². The van der Waals surface area contributed by atoms with Gasteiger partial charge in [-0.2, -0.15) is 0 Å². The molecule has 0 aliphatic rings. The summed E-state index contributed by atoms with van der Waals surface area (Å²) < 4.78 is 29.3. The number of ether oxygens (including phenoxy) is 1. The van der Waals surface area contributed by atoms with Crippen molar-refractivity contribution < 1.29 is 18.3 Å². The number of rotatable bonds is 13. The van der Waals surface area contributed by atoms with Gasteiger partial charge in [-0.15, -0.1) is 11.8 Å². The predicted octanol–water partition coefficient (Wildman–Crippen LogP) is 5.06. The van der Waals surface area contributed by atoms with Crippen molar-refractivity contribution in [2.45, 2.75) is 76.9 Å². The Morgan fingerprint density at radius 3 is 2.35 bits per heavy atom. The summed E-state index contributed by atoms with van der Waals surface area (Å²) in [6, 6.07) is 0. The van der Waals surface area contributed by atoms with E-state index in [9.17, 15) is 13.6 Å². The van der Waals surface area contributed by atoms with E-state index in [-0.39, 0.29) is 17.6 Å². The molecule has 120 valence electrons. The first kappa shape index (κ1) is 19.7. The standard InChI is InChI=1S/C15H28F2O2S/c1-3-5-9-13(15(18)19-11-6-4-2)20-12-8-7-10-14(16)17/h13-14H,3-12H2,1-2H3. The van der Waals surface area contributed by atoms with Crippen molar-refractivity contribution in [3.8, 4) is 0 Å². The van der Waals surface area contributed by atoms with E-state index >= 15 is 0 Å². The average Bonchev–Trinajstić information content (AvgIpc) is 2.41. The molecule has 0 saturated heterocycles. The first-order valence-electron chi connectivity index (χ1n) is 7.68. The van der Waals surface area contributed by atoms with Gasteiger partial charge in [-0.1, -0.05) is 33.1 Å². The summed E-state index contributed by atoms with van der Waals surface area (Å²) in [5, 5.41) is -0.127. The first-order chi connectivity index (χ1) is 9.61. The van der Waals surface area contributed by atoms with E-state index < -0.39 is 6.43 Å². The molecule has 0 N–H and O–H groups in total. The summed E-state index contributed by atoms with van der Waals surface area (Å²) in [7, 11) is 0. The highest BCUT2D eigenvalue weighted by molar-refractivity contribution is 8.00. The van der Waals surface area contributed by atoms with Gasteiger partial charge >= 0.3 is 5.97 Å². The Hall–Kier alpha value is -0.320. The van der Waals surface area contributed by atoms with E-state index in [1.54, 1.807) is 11.8 Å². The van der Waals surface area contributed by atoms with Crippen LogP contribution in [-0.2, 0) is 9.53 Å². The Labute approximate surface area is 126 Å². The van der Waals surface area contributed by atoms with Gasteiger partial charge in [-0.25, -0.2) is 8.78 Å². The molecule has 0 aliphatic carbocycles. The summed E-state index contributed by atoms with van der Waals surface area (Å²) in [5.74, 6) is 0.620. The van der Waals surface area contributed by atoms with E-state index in [1.165, 1.54) is 0 Å². The topological polar surface area (TPSA) is 26.3 Å². The highest BCUT2D eigenvalue weighted by atomic mass is 32.2. The van der Waals surface area contributed by atoms with Crippen LogP contribution in [0.15, 0.2) is 0 Å². The lowest BCUT2D eigenvalue weighted by Gasteiger charge is -2.15. The second-order valence-electron chi connectivity index (χ2n) is 4.91. The van der Waals surface area contributed by atoms with E-state index in [1.807, 2.05) is 0 Å². The molecule has 0 amide bonds. The zero-order chi connectivity index (χ0) is 15.2. The molecule has 2 nitrogen and oxygen atoms in total. The van der Waals surface area contributed by atoms with E-state index in [4.69, 9.17) is 4.74 Å². The van der Waals surface area contributed by atoms with Crippen LogP contribution in [0, 0.1) is 0 Å². The van der Waals surface area contributed by atoms with Crippen LogP contribution in [0.3, 0.4) is 0 Å². The van der Waals surface area contributed by atoms with Crippen molar-refractivity contribution in [2.75, 3.05) is 12.4 Å². The minimum absolute atomic E-state index is 0.0405. The molecule has 0 heterocycles. The molecule has 0 fully saturated rings. The Balaban J connectivity index is 3.90. The van der Waals surface area contributed by atoms with E-state index in [0.29, 0.717) is 13.0 Å². The predicted molar refractivity (Wildman–Crippen MR) is 81.5 cm³/mol.